The second-order valence-electron chi connectivity index (χ2n) is 4.51. The Labute approximate surface area is 82.3 Å². The molecule has 78 valence electrons. The minimum Gasteiger partial charge on any atom is -0.378 e. The molecule has 0 aromatic carbocycles. The molecule has 1 heterocycles. The van der Waals surface area contributed by atoms with E-state index in [-0.39, 0.29) is 0 Å². The summed E-state index contributed by atoms with van der Waals surface area (Å²) in [6.07, 6.45) is 3.08. The maximum Gasteiger partial charge on any atom is 0.0579 e. The lowest BCUT2D eigenvalue weighted by Crippen LogP contribution is -2.28. The lowest BCUT2D eigenvalue weighted by atomic mass is 9.87. The lowest BCUT2D eigenvalue weighted by Gasteiger charge is -2.22. The van der Waals surface area contributed by atoms with Crippen LogP contribution in [-0.2, 0) is 4.74 Å². The zero-order valence-electron chi connectivity index (χ0n) is 9.42. The molecular formula is C11H23NO. The average Bonchev–Trinajstić information content (AvgIpc) is 2.35. The van der Waals surface area contributed by atoms with Crippen LogP contribution in [0.3, 0.4) is 0 Å². The Bertz CT molecular complexity index is 147. The van der Waals surface area contributed by atoms with Gasteiger partial charge in [0.2, 0.25) is 0 Å². The molecule has 0 spiro atoms. The molecule has 0 amide bonds. The largest absolute Gasteiger partial charge is 0.378 e. The Hall–Kier alpha value is -0.0800. The first-order valence-electron chi connectivity index (χ1n) is 5.41. The minimum absolute atomic E-state index is 0.477. The van der Waals surface area contributed by atoms with Crippen LogP contribution >= 0.6 is 0 Å². The number of nitrogens with zero attached hydrogens (tertiary/aromatic N) is 1. The van der Waals surface area contributed by atoms with E-state index in [0.29, 0.717) is 6.10 Å². The molecule has 1 rings (SSSR count). The van der Waals surface area contributed by atoms with Crippen molar-refractivity contribution >= 4 is 0 Å². The highest BCUT2D eigenvalue weighted by Crippen LogP contribution is 2.30. The summed E-state index contributed by atoms with van der Waals surface area (Å²) < 4.78 is 5.70. The Morgan fingerprint density at radius 1 is 1.38 bits per heavy atom. The van der Waals surface area contributed by atoms with Crippen molar-refractivity contribution in [3.8, 4) is 0 Å². The number of hydrogen-bond acceptors (Lipinski definition) is 2. The van der Waals surface area contributed by atoms with Gasteiger partial charge in [-0.1, -0.05) is 13.3 Å². The fourth-order valence-corrected chi connectivity index (χ4v) is 2.37. The first-order chi connectivity index (χ1) is 6.15. The molecule has 2 heteroatoms. The summed E-state index contributed by atoms with van der Waals surface area (Å²) >= 11 is 0. The van der Waals surface area contributed by atoms with Gasteiger partial charge in [-0.05, 0) is 33.4 Å². The van der Waals surface area contributed by atoms with Gasteiger partial charge in [0.15, 0.2) is 0 Å². The van der Waals surface area contributed by atoms with Gasteiger partial charge in [0, 0.05) is 12.5 Å². The normalized spacial score (nSPS) is 34.4. The molecule has 13 heavy (non-hydrogen) atoms. The van der Waals surface area contributed by atoms with E-state index >= 15 is 0 Å². The fourth-order valence-electron chi connectivity index (χ4n) is 2.37. The van der Waals surface area contributed by atoms with Crippen LogP contribution < -0.4 is 0 Å². The van der Waals surface area contributed by atoms with Gasteiger partial charge >= 0.3 is 0 Å². The van der Waals surface area contributed by atoms with Crippen LogP contribution in [0.2, 0.25) is 0 Å². The van der Waals surface area contributed by atoms with Crippen LogP contribution in [0.4, 0.5) is 0 Å². The first-order valence-corrected chi connectivity index (χ1v) is 5.41. The highest BCUT2D eigenvalue weighted by molar-refractivity contribution is 4.82. The molecule has 1 saturated heterocycles. The van der Waals surface area contributed by atoms with Crippen LogP contribution in [0.25, 0.3) is 0 Å². The van der Waals surface area contributed by atoms with Crippen molar-refractivity contribution < 1.29 is 4.74 Å². The predicted octanol–water partition coefficient (Wildman–Crippen LogP) is 2.00. The molecule has 2 nitrogen and oxygen atoms in total. The maximum atomic E-state index is 5.70. The summed E-state index contributed by atoms with van der Waals surface area (Å²) in [5.74, 6) is 1.54. The van der Waals surface area contributed by atoms with Crippen LogP contribution in [0.15, 0.2) is 0 Å². The Morgan fingerprint density at radius 2 is 2.08 bits per heavy atom. The summed E-state index contributed by atoms with van der Waals surface area (Å²) in [5.41, 5.74) is 0. The van der Waals surface area contributed by atoms with E-state index in [1.807, 2.05) is 0 Å². The van der Waals surface area contributed by atoms with E-state index in [1.54, 1.807) is 0 Å². The molecular weight excluding hydrogens is 162 g/mol. The topological polar surface area (TPSA) is 12.5 Å². The molecule has 1 aliphatic heterocycles. The Kier molecular flexibility index (Phi) is 4.20. The minimum atomic E-state index is 0.477. The molecule has 0 N–H and O–H groups in total. The fraction of sp³-hybridized carbons (Fsp3) is 1.00. The summed E-state index contributed by atoms with van der Waals surface area (Å²) in [6, 6.07) is 0. The highest BCUT2D eigenvalue weighted by Gasteiger charge is 2.33. The Balaban J connectivity index is 2.43. The quantitative estimate of drug-likeness (QED) is 0.664. The van der Waals surface area contributed by atoms with Crippen molar-refractivity contribution in [2.24, 2.45) is 11.8 Å². The van der Waals surface area contributed by atoms with Gasteiger partial charge in [-0.3, -0.25) is 0 Å². The van der Waals surface area contributed by atoms with Gasteiger partial charge in [-0.15, -0.1) is 0 Å². The molecule has 3 unspecified atom stereocenters. The van der Waals surface area contributed by atoms with Crippen LogP contribution in [-0.4, -0.2) is 38.3 Å². The first kappa shape index (κ1) is 11.0. The van der Waals surface area contributed by atoms with Crippen LogP contribution in [0.1, 0.15) is 26.7 Å². The second-order valence-corrected chi connectivity index (χ2v) is 4.51. The third-order valence-corrected chi connectivity index (χ3v) is 3.00. The molecule has 0 aromatic heterocycles. The molecule has 1 fully saturated rings. The standard InChI is InChI=1S/C11H23NO/c1-5-6-11-9(2)13-8-10(11)7-12(3)4/h9-11H,5-8H2,1-4H3. The van der Waals surface area contributed by atoms with Crippen molar-refractivity contribution in [3.05, 3.63) is 0 Å². The lowest BCUT2D eigenvalue weighted by molar-refractivity contribution is 0.103. The summed E-state index contributed by atoms with van der Waals surface area (Å²) in [6.45, 7) is 6.62. The van der Waals surface area contributed by atoms with Gasteiger partial charge in [-0.25, -0.2) is 0 Å². The maximum absolute atomic E-state index is 5.70. The highest BCUT2D eigenvalue weighted by atomic mass is 16.5. The average molecular weight is 185 g/mol. The van der Waals surface area contributed by atoms with Gasteiger partial charge in [0.05, 0.1) is 12.7 Å². The van der Waals surface area contributed by atoms with Crippen molar-refractivity contribution in [2.75, 3.05) is 27.2 Å². The van der Waals surface area contributed by atoms with Gasteiger partial charge in [0.25, 0.3) is 0 Å². The van der Waals surface area contributed by atoms with Gasteiger partial charge < -0.3 is 9.64 Å². The van der Waals surface area contributed by atoms with Crippen molar-refractivity contribution in [2.45, 2.75) is 32.8 Å². The third kappa shape index (κ3) is 2.96. The van der Waals surface area contributed by atoms with E-state index in [0.717, 1.165) is 18.4 Å². The van der Waals surface area contributed by atoms with Crippen molar-refractivity contribution in [1.29, 1.82) is 0 Å². The smallest absolute Gasteiger partial charge is 0.0579 e. The van der Waals surface area contributed by atoms with E-state index in [2.05, 4.69) is 32.8 Å². The molecule has 3 atom stereocenters. The molecule has 1 aliphatic rings. The number of hydrogen-bond donors (Lipinski definition) is 0. The summed E-state index contributed by atoms with van der Waals surface area (Å²) in [5, 5.41) is 0. The van der Waals surface area contributed by atoms with Crippen molar-refractivity contribution in [1.82, 2.24) is 4.90 Å². The zero-order valence-corrected chi connectivity index (χ0v) is 9.42. The van der Waals surface area contributed by atoms with E-state index < -0.39 is 0 Å². The van der Waals surface area contributed by atoms with Gasteiger partial charge in [-0.2, -0.15) is 0 Å². The van der Waals surface area contributed by atoms with E-state index in [4.69, 9.17) is 4.74 Å². The number of rotatable bonds is 4. The monoisotopic (exact) mass is 185 g/mol. The molecule has 0 aromatic rings. The summed E-state index contributed by atoms with van der Waals surface area (Å²) in [7, 11) is 4.29. The molecule has 0 bridgehead atoms. The van der Waals surface area contributed by atoms with Crippen molar-refractivity contribution in [3.63, 3.8) is 0 Å². The van der Waals surface area contributed by atoms with E-state index in [1.165, 1.54) is 19.4 Å². The van der Waals surface area contributed by atoms with Crippen LogP contribution in [0.5, 0.6) is 0 Å². The predicted molar refractivity (Wildman–Crippen MR) is 55.9 cm³/mol. The Morgan fingerprint density at radius 3 is 2.62 bits per heavy atom. The second kappa shape index (κ2) is 4.97. The summed E-state index contributed by atoms with van der Waals surface area (Å²) in [4.78, 5) is 2.27. The molecule has 0 aliphatic carbocycles. The van der Waals surface area contributed by atoms with Crippen LogP contribution in [0, 0.1) is 11.8 Å². The zero-order chi connectivity index (χ0) is 9.84. The number of ether oxygens (including phenoxy) is 1. The van der Waals surface area contributed by atoms with E-state index in [9.17, 15) is 0 Å². The molecule has 0 saturated carbocycles. The third-order valence-electron chi connectivity index (χ3n) is 3.00. The molecule has 0 radical (unpaired) electrons. The SMILES string of the molecule is CCCC1C(CN(C)C)COC1C. The van der Waals surface area contributed by atoms with Gasteiger partial charge in [0.1, 0.15) is 0 Å².